The molecular weight excluding hydrogens is 266 g/mol. The van der Waals surface area contributed by atoms with Gasteiger partial charge >= 0.3 is 5.97 Å². The van der Waals surface area contributed by atoms with Crippen molar-refractivity contribution in [3.05, 3.63) is 0 Å². The third-order valence-electron chi connectivity index (χ3n) is 6.02. The maximum atomic E-state index is 12.8. The Morgan fingerprint density at radius 3 is 2.10 bits per heavy atom. The van der Waals surface area contributed by atoms with Crippen LogP contribution in [0.1, 0.15) is 78.1 Å². The zero-order chi connectivity index (χ0) is 15.5. The highest BCUT2D eigenvalue weighted by Gasteiger charge is 2.47. The smallest absolute Gasteiger partial charge is 0.329 e. The molecular formula is C17H29NO3. The molecule has 0 bridgehead atoms. The Kier molecular flexibility index (Phi) is 4.95. The standard InChI is InChI=1S/C17H29NO3/c1-3-13-7-11-17(12-8-13,15(20)21)18-14(19)16(4-2)9-5-6-10-16/h13H,3-12H2,1-2H3,(H,18,19)(H,20,21). The lowest BCUT2D eigenvalue weighted by molar-refractivity contribution is -0.152. The molecule has 0 saturated heterocycles. The average Bonchev–Trinajstić information content (AvgIpc) is 2.98. The third kappa shape index (κ3) is 3.09. The minimum absolute atomic E-state index is 0.0140. The Morgan fingerprint density at radius 2 is 1.67 bits per heavy atom. The van der Waals surface area contributed by atoms with Crippen LogP contribution < -0.4 is 5.32 Å². The van der Waals surface area contributed by atoms with Crippen molar-refractivity contribution in [2.45, 2.75) is 83.6 Å². The van der Waals surface area contributed by atoms with Gasteiger partial charge in [0.15, 0.2) is 0 Å². The molecule has 0 aromatic heterocycles. The van der Waals surface area contributed by atoms with Crippen LogP contribution in [0.3, 0.4) is 0 Å². The number of hydrogen-bond acceptors (Lipinski definition) is 2. The van der Waals surface area contributed by atoms with E-state index in [2.05, 4.69) is 12.2 Å². The molecule has 0 aromatic rings. The van der Waals surface area contributed by atoms with Crippen LogP contribution in [-0.2, 0) is 9.59 Å². The van der Waals surface area contributed by atoms with Gasteiger partial charge < -0.3 is 10.4 Å². The molecule has 0 radical (unpaired) electrons. The summed E-state index contributed by atoms with van der Waals surface area (Å²) in [6.07, 6.45) is 8.85. The maximum absolute atomic E-state index is 12.8. The molecule has 4 nitrogen and oxygen atoms in total. The molecule has 2 fully saturated rings. The summed E-state index contributed by atoms with van der Waals surface area (Å²) in [5, 5.41) is 12.7. The summed E-state index contributed by atoms with van der Waals surface area (Å²) in [7, 11) is 0. The Hall–Kier alpha value is -1.06. The van der Waals surface area contributed by atoms with E-state index in [1.165, 1.54) is 0 Å². The van der Waals surface area contributed by atoms with Crippen molar-refractivity contribution >= 4 is 11.9 Å². The van der Waals surface area contributed by atoms with E-state index >= 15 is 0 Å². The van der Waals surface area contributed by atoms with Gasteiger partial charge in [0.1, 0.15) is 5.54 Å². The number of carbonyl (C=O) groups is 2. The van der Waals surface area contributed by atoms with E-state index < -0.39 is 11.5 Å². The lowest BCUT2D eigenvalue weighted by Gasteiger charge is -2.40. The van der Waals surface area contributed by atoms with Crippen LogP contribution >= 0.6 is 0 Å². The van der Waals surface area contributed by atoms with Gasteiger partial charge in [-0.2, -0.15) is 0 Å². The first-order chi connectivity index (χ1) is 9.98. The van der Waals surface area contributed by atoms with Gasteiger partial charge in [-0.3, -0.25) is 4.79 Å². The number of aliphatic carboxylic acids is 1. The predicted octanol–water partition coefficient (Wildman–Crippen LogP) is 3.50. The molecule has 2 saturated carbocycles. The summed E-state index contributed by atoms with van der Waals surface area (Å²) in [6, 6.07) is 0. The van der Waals surface area contributed by atoms with Crippen LogP contribution in [-0.4, -0.2) is 22.5 Å². The number of amides is 1. The van der Waals surface area contributed by atoms with Crippen molar-refractivity contribution in [1.82, 2.24) is 5.32 Å². The Balaban J connectivity index is 2.10. The summed E-state index contributed by atoms with van der Waals surface area (Å²) in [4.78, 5) is 24.6. The summed E-state index contributed by atoms with van der Waals surface area (Å²) >= 11 is 0. The summed E-state index contributed by atoms with van der Waals surface area (Å²) in [5.74, 6) is -0.254. The summed E-state index contributed by atoms with van der Waals surface area (Å²) < 4.78 is 0. The lowest BCUT2D eigenvalue weighted by Crippen LogP contribution is -2.59. The summed E-state index contributed by atoms with van der Waals surface area (Å²) in [5.41, 5.74) is -1.34. The number of carbonyl (C=O) groups excluding carboxylic acids is 1. The molecule has 2 N–H and O–H groups in total. The largest absolute Gasteiger partial charge is 0.480 e. The van der Waals surface area contributed by atoms with Gasteiger partial charge in [0, 0.05) is 5.41 Å². The summed E-state index contributed by atoms with van der Waals surface area (Å²) in [6.45, 7) is 4.20. The van der Waals surface area contributed by atoms with Crippen LogP contribution in [0.15, 0.2) is 0 Å². The Bertz CT molecular complexity index is 391. The predicted molar refractivity (Wildman–Crippen MR) is 82.0 cm³/mol. The molecule has 2 aliphatic rings. The second kappa shape index (κ2) is 6.37. The van der Waals surface area contributed by atoms with Gasteiger partial charge in [0.05, 0.1) is 0 Å². The first kappa shape index (κ1) is 16.3. The molecule has 2 rings (SSSR count). The molecule has 120 valence electrons. The fourth-order valence-corrected chi connectivity index (χ4v) is 4.11. The SMILES string of the molecule is CCC1CCC(NC(=O)C2(CC)CCCC2)(C(=O)O)CC1. The monoisotopic (exact) mass is 295 g/mol. The van der Waals surface area contributed by atoms with Crippen molar-refractivity contribution in [2.75, 3.05) is 0 Å². The first-order valence-corrected chi connectivity index (χ1v) is 8.54. The minimum atomic E-state index is -1.02. The molecule has 0 unspecified atom stereocenters. The number of hydrogen-bond donors (Lipinski definition) is 2. The van der Waals surface area contributed by atoms with Crippen molar-refractivity contribution in [3.8, 4) is 0 Å². The highest BCUT2D eigenvalue weighted by molar-refractivity contribution is 5.90. The first-order valence-electron chi connectivity index (χ1n) is 8.54. The molecule has 2 aliphatic carbocycles. The van der Waals surface area contributed by atoms with E-state index in [-0.39, 0.29) is 11.3 Å². The van der Waals surface area contributed by atoms with E-state index in [0.717, 1.165) is 51.4 Å². The normalized spacial score (nSPS) is 31.8. The lowest BCUT2D eigenvalue weighted by atomic mass is 9.74. The Labute approximate surface area is 127 Å². The highest BCUT2D eigenvalue weighted by Crippen LogP contribution is 2.42. The number of rotatable bonds is 5. The van der Waals surface area contributed by atoms with E-state index in [0.29, 0.717) is 18.8 Å². The van der Waals surface area contributed by atoms with Crippen molar-refractivity contribution in [1.29, 1.82) is 0 Å². The molecule has 1 amide bonds. The molecule has 0 spiro atoms. The van der Waals surface area contributed by atoms with E-state index in [1.807, 2.05) is 6.92 Å². The van der Waals surface area contributed by atoms with E-state index in [9.17, 15) is 14.7 Å². The Morgan fingerprint density at radius 1 is 1.10 bits per heavy atom. The van der Waals surface area contributed by atoms with Gasteiger partial charge in [-0.05, 0) is 50.9 Å². The van der Waals surface area contributed by atoms with Gasteiger partial charge in [-0.15, -0.1) is 0 Å². The molecule has 4 heteroatoms. The van der Waals surface area contributed by atoms with Crippen molar-refractivity contribution in [3.63, 3.8) is 0 Å². The number of carboxylic acid groups (broad SMARTS) is 1. The molecule has 0 aliphatic heterocycles. The quantitative estimate of drug-likeness (QED) is 0.816. The average molecular weight is 295 g/mol. The van der Waals surface area contributed by atoms with Crippen LogP contribution in [0.5, 0.6) is 0 Å². The molecule has 21 heavy (non-hydrogen) atoms. The number of carboxylic acids is 1. The van der Waals surface area contributed by atoms with Crippen LogP contribution in [0.2, 0.25) is 0 Å². The second-order valence-corrected chi connectivity index (χ2v) is 7.03. The third-order valence-corrected chi connectivity index (χ3v) is 6.02. The molecule has 0 heterocycles. The molecule has 0 atom stereocenters. The van der Waals surface area contributed by atoms with E-state index in [4.69, 9.17) is 0 Å². The maximum Gasteiger partial charge on any atom is 0.329 e. The minimum Gasteiger partial charge on any atom is -0.480 e. The van der Waals surface area contributed by atoms with Gasteiger partial charge in [0.2, 0.25) is 5.91 Å². The van der Waals surface area contributed by atoms with Gasteiger partial charge in [-0.1, -0.05) is 33.1 Å². The van der Waals surface area contributed by atoms with Gasteiger partial charge in [0.25, 0.3) is 0 Å². The van der Waals surface area contributed by atoms with Crippen LogP contribution in [0.25, 0.3) is 0 Å². The zero-order valence-corrected chi connectivity index (χ0v) is 13.4. The van der Waals surface area contributed by atoms with E-state index in [1.54, 1.807) is 0 Å². The number of nitrogens with one attached hydrogen (secondary N) is 1. The van der Waals surface area contributed by atoms with Crippen LogP contribution in [0, 0.1) is 11.3 Å². The fourth-order valence-electron chi connectivity index (χ4n) is 4.11. The topological polar surface area (TPSA) is 66.4 Å². The van der Waals surface area contributed by atoms with Crippen LogP contribution in [0.4, 0.5) is 0 Å². The van der Waals surface area contributed by atoms with Crippen molar-refractivity contribution in [2.24, 2.45) is 11.3 Å². The highest BCUT2D eigenvalue weighted by atomic mass is 16.4. The van der Waals surface area contributed by atoms with Gasteiger partial charge in [-0.25, -0.2) is 4.79 Å². The second-order valence-electron chi connectivity index (χ2n) is 7.03. The zero-order valence-electron chi connectivity index (χ0n) is 13.4. The fraction of sp³-hybridized carbons (Fsp3) is 0.882. The van der Waals surface area contributed by atoms with Crippen molar-refractivity contribution < 1.29 is 14.7 Å². The molecule has 0 aromatic carbocycles.